The third-order valence-corrected chi connectivity index (χ3v) is 5.34. The van der Waals surface area contributed by atoms with Crippen LogP contribution in [-0.2, 0) is 10.0 Å². The zero-order valence-electron chi connectivity index (χ0n) is 11.7. The van der Waals surface area contributed by atoms with Crippen molar-refractivity contribution >= 4 is 10.0 Å². The second-order valence-electron chi connectivity index (χ2n) is 5.29. The molecule has 1 N–H and O–H groups in total. The van der Waals surface area contributed by atoms with Gasteiger partial charge in [0.05, 0.1) is 12.0 Å². The van der Waals surface area contributed by atoms with Gasteiger partial charge in [-0.3, -0.25) is 0 Å². The summed E-state index contributed by atoms with van der Waals surface area (Å²) in [5.74, 6) is -0.317. The number of hydrogen-bond donors (Lipinski definition) is 1. The molecule has 4 nitrogen and oxygen atoms in total. The second-order valence-corrected chi connectivity index (χ2v) is 7.00. The molecule has 1 aromatic carbocycles. The lowest BCUT2D eigenvalue weighted by atomic mass is 9.87. The smallest absolute Gasteiger partial charge is 0.240 e. The summed E-state index contributed by atoms with van der Waals surface area (Å²) in [7, 11) is -2.33. The summed E-state index contributed by atoms with van der Waals surface area (Å²) in [6.45, 7) is 2.05. The molecule has 0 saturated heterocycles. The summed E-state index contributed by atoms with van der Waals surface area (Å²) < 4.78 is 45.6. The second kappa shape index (κ2) is 6.10. The topological polar surface area (TPSA) is 55.4 Å². The maximum Gasteiger partial charge on any atom is 0.240 e. The zero-order chi connectivity index (χ0) is 14.8. The van der Waals surface area contributed by atoms with Crippen molar-refractivity contribution < 1.29 is 17.5 Å². The van der Waals surface area contributed by atoms with Crippen LogP contribution in [0.4, 0.5) is 4.39 Å². The first-order valence-electron chi connectivity index (χ1n) is 6.80. The largest absolute Gasteiger partial charge is 0.494 e. The van der Waals surface area contributed by atoms with Crippen LogP contribution in [-0.4, -0.2) is 21.6 Å². The fraction of sp³-hybridized carbons (Fsp3) is 0.571. The molecule has 1 fully saturated rings. The number of methoxy groups -OCH3 is 1. The standard InChI is InChI=1S/C14H20FNO3S/c1-10-5-3-4-6-13(10)16-20(17,18)11-7-8-12(15)14(9-11)19-2/h7-10,13,16H,3-6H2,1-2H3/t10-,13-/m0/s1. The molecular weight excluding hydrogens is 281 g/mol. The lowest BCUT2D eigenvalue weighted by Gasteiger charge is -2.29. The van der Waals surface area contributed by atoms with Crippen molar-refractivity contribution in [2.45, 2.75) is 43.5 Å². The van der Waals surface area contributed by atoms with E-state index in [0.29, 0.717) is 5.92 Å². The van der Waals surface area contributed by atoms with Gasteiger partial charge in [-0.05, 0) is 30.9 Å². The minimum absolute atomic E-state index is 0.0357. The third kappa shape index (κ3) is 3.30. The Morgan fingerprint density at radius 2 is 2.00 bits per heavy atom. The molecule has 0 amide bonds. The Balaban J connectivity index is 2.21. The quantitative estimate of drug-likeness (QED) is 0.930. The van der Waals surface area contributed by atoms with Crippen molar-refractivity contribution in [2.24, 2.45) is 5.92 Å². The molecule has 1 aromatic rings. The summed E-state index contributed by atoms with van der Waals surface area (Å²) in [5, 5.41) is 0. The van der Waals surface area contributed by atoms with Crippen molar-refractivity contribution in [1.82, 2.24) is 4.72 Å². The lowest BCUT2D eigenvalue weighted by molar-refractivity contribution is 0.310. The van der Waals surface area contributed by atoms with Crippen LogP contribution in [0, 0.1) is 11.7 Å². The minimum atomic E-state index is -3.64. The van der Waals surface area contributed by atoms with E-state index in [9.17, 15) is 12.8 Å². The van der Waals surface area contributed by atoms with E-state index < -0.39 is 15.8 Å². The predicted molar refractivity (Wildman–Crippen MR) is 74.7 cm³/mol. The Morgan fingerprint density at radius 1 is 1.30 bits per heavy atom. The number of sulfonamides is 1. The maximum absolute atomic E-state index is 13.3. The van der Waals surface area contributed by atoms with Gasteiger partial charge in [0.1, 0.15) is 0 Å². The summed E-state index contributed by atoms with van der Waals surface area (Å²) in [5.41, 5.74) is 0. The molecule has 0 aliphatic heterocycles. The Bertz CT molecular complexity index is 574. The van der Waals surface area contributed by atoms with Crippen LogP contribution in [0.1, 0.15) is 32.6 Å². The molecule has 2 rings (SSSR count). The molecule has 0 bridgehead atoms. The number of hydrogen-bond acceptors (Lipinski definition) is 3. The molecule has 6 heteroatoms. The fourth-order valence-corrected chi connectivity index (χ4v) is 3.96. The summed E-state index contributed by atoms with van der Waals surface area (Å²) >= 11 is 0. The third-order valence-electron chi connectivity index (χ3n) is 3.85. The highest BCUT2D eigenvalue weighted by molar-refractivity contribution is 7.89. The Hall–Kier alpha value is -1.14. The van der Waals surface area contributed by atoms with Crippen molar-refractivity contribution in [1.29, 1.82) is 0 Å². The van der Waals surface area contributed by atoms with Gasteiger partial charge >= 0.3 is 0 Å². The van der Waals surface area contributed by atoms with Crippen molar-refractivity contribution in [3.63, 3.8) is 0 Å². The molecule has 0 radical (unpaired) electrons. The number of rotatable bonds is 4. The van der Waals surface area contributed by atoms with Gasteiger partial charge in [-0.1, -0.05) is 19.8 Å². The van der Waals surface area contributed by atoms with E-state index in [1.807, 2.05) is 0 Å². The normalized spacial score (nSPS) is 23.6. The van der Waals surface area contributed by atoms with E-state index >= 15 is 0 Å². The van der Waals surface area contributed by atoms with E-state index in [1.54, 1.807) is 0 Å². The minimum Gasteiger partial charge on any atom is -0.494 e. The Morgan fingerprint density at radius 3 is 2.65 bits per heavy atom. The van der Waals surface area contributed by atoms with E-state index in [-0.39, 0.29) is 16.7 Å². The van der Waals surface area contributed by atoms with Gasteiger partial charge in [0.25, 0.3) is 0 Å². The van der Waals surface area contributed by atoms with E-state index in [4.69, 9.17) is 4.74 Å². The lowest BCUT2D eigenvalue weighted by Crippen LogP contribution is -2.40. The first kappa shape index (κ1) is 15.3. The molecular formula is C14H20FNO3S. The molecule has 1 saturated carbocycles. The molecule has 0 unspecified atom stereocenters. The Labute approximate surface area is 119 Å². The van der Waals surface area contributed by atoms with Gasteiger partial charge in [-0.25, -0.2) is 17.5 Å². The number of benzene rings is 1. The van der Waals surface area contributed by atoms with E-state index in [1.165, 1.54) is 19.2 Å². The maximum atomic E-state index is 13.3. The van der Waals surface area contributed by atoms with Gasteiger partial charge in [0, 0.05) is 12.1 Å². The first-order chi connectivity index (χ1) is 9.44. The van der Waals surface area contributed by atoms with E-state index in [0.717, 1.165) is 31.7 Å². The van der Waals surface area contributed by atoms with Gasteiger partial charge in [-0.15, -0.1) is 0 Å². The van der Waals surface area contributed by atoms with Gasteiger partial charge in [0.15, 0.2) is 11.6 Å². The SMILES string of the molecule is COc1cc(S(=O)(=O)N[C@H]2CCCC[C@@H]2C)ccc1F. The van der Waals surface area contributed by atoms with Crippen LogP contribution >= 0.6 is 0 Å². The van der Waals surface area contributed by atoms with Crippen LogP contribution < -0.4 is 9.46 Å². The van der Waals surface area contributed by atoms with Crippen LogP contribution in [0.15, 0.2) is 23.1 Å². The van der Waals surface area contributed by atoms with Gasteiger partial charge < -0.3 is 4.74 Å². The average molecular weight is 301 g/mol. The van der Waals surface area contributed by atoms with Crippen LogP contribution in [0.2, 0.25) is 0 Å². The van der Waals surface area contributed by atoms with Crippen molar-refractivity contribution in [3.8, 4) is 5.75 Å². The molecule has 0 aromatic heterocycles. The van der Waals surface area contributed by atoms with Gasteiger partial charge in [-0.2, -0.15) is 0 Å². The number of ether oxygens (including phenoxy) is 1. The average Bonchev–Trinajstić information content (AvgIpc) is 2.41. The number of nitrogens with one attached hydrogen (secondary N) is 1. The van der Waals surface area contributed by atoms with Gasteiger partial charge in [0.2, 0.25) is 10.0 Å². The highest BCUT2D eigenvalue weighted by Crippen LogP contribution is 2.26. The molecule has 1 aliphatic rings. The highest BCUT2D eigenvalue weighted by atomic mass is 32.2. The summed E-state index contributed by atoms with van der Waals surface area (Å²) in [4.78, 5) is 0.0357. The van der Waals surface area contributed by atoms with Crippen molar-refractivity contribution in [2.75, 3.05) is 7.11 Å². The summed E-state index contributed by atoms with van der Waals surface area (Å²) in [6, 6.07) is 3.53. The number of halogens is 1. The zero-order valence-corrected chi connectivity index (χ0v) is 12.5. The molecule has 2 atom stereocenters. The predicted octanol–water partition coefficient (Wildman–Crippen LogP) is 2.69. The van der Waals surface area contributed by atoms with Crippen LogP contribution in [0.3, 0.4) is 0 Å². The fourth-order valence-electron chi connectivity index (χ4n) is 2.57. The van der Waals surface area contributed by atoms with E-state index in [2.05, 4.69) is 11.6 Å². The van der Waals surface area contributed by atoms with Crippen LogP contribution in [0.5, 0.6) is 5.75 Å². The van der Waals surface area contributed by atoms with Crippen LogP contribution in [0.25, 0.3) is 0 Å². The first-order valence-corrected chi connectivity index (χ1v) is 8.28. The molecule has 0 heterocycles. The van der Waals surface area contributed by atoms with Crippen molar-refractivity contribution in [3.05, 3.63) is 24.0 Å². The Kier molecular flexibility index (Phi) is 4.65. The summed E-state index contributed by atoms with van der Waals surface area (Å²) in [6.07, 6.45) is 4.05. The molecule has 0 spiro atoms. The highest BCUT2D eigenvalue weighted by Gasteiger charge is 2.27. The molecule has 1 aliphatic carbocycles. The molecule has 20 heavy (non-hydrogen) atoms. The molecule has 112 valence electrons. The monoisotopic (exact) mass is 301 g/mol.